The van der Waals surface area contributed by atoms with Crippen LogP contribution in [0.15, 0.2) is 174 Å². The quantitative estimate of drug-likeness (QED) is 0.179. The largest absolute Gasteiger partial charge is 0.454 e. The molecule has 13 aromatic rings. The molecule has 5 aromatic heterocycles. The fourth-order valence-electron chi connectivity index (χ4n) is 9.49. The molecule has 0 aliphatic rings. The van der Waals surface area contributed by atoms with Crippen molar-refractivity contribution in [3.63, 3.8) is 0 Å². The Balaban J connectivity index is 1.21. The van der Waals surface area contributed by atoms with E-state index >= 15 is 0 Å². The molecule has 7 heteroatoms. The highest BCUT2D eigenvalue weighted by atomic mass is 16.3. The molecule has 5 heterocycles. The molecule has 59 heavy (non-hydrogen) atoms. The van der Waals surface area contributed by atoms with Crippen LogP contribution < -0.4 is 0 Å². The molecule has 8 aromatic carbocycles. The maximum absolute atomic E-state index is 11.3. The van der Waals surface area contributed by atoms with E-state index in [2.05, 4.69) is 100.0 Å². The van der Waals surface area contributed by atoms with Gasteiger partial charge in [0.2, 0.25) is 0 Å². The molecule has 0 atom stereocenters. The number of benzene rings is 8. The Morgan fingerprint density at radius 2 is 0.983 bits per heavy atom. The molecule has 272 valence electrons. The van der Waals surface area contributed by atoms with Crippen LogP contribution in [0.5, 0.6) is 0 Å². The van der Waals surface area contributed by atoms with E-state index in [1.54, 1.807) is 0 Å². The van der Waals surface area contributed by atoms with Crippen LogP contribution in [0.1, 0.15) is 5.56 Å². The fraction of sp³-hybridized carbons (Fsp3) is 0. The lowest BCUT2D eigenvalue weighted by Crippen LogP contribution is -2.03. The van der Waals surface area contributed by atoms with Crippen LogP contribution in [0, 0.1) is 11.3 Å². The van der Waals surface area contributed by atoms with Gasteiger partial charge in [-0.3, -0.25) is 0 Å². The summed E-state index contributed by atoms with van der Waals surface area (Å²) < 4.78 is 11.7. The summed E-state index contributed by atoms with van der Waals surface area (Å²) in [4.78, 5) is 15.2. The van der Waals surface area contributed by atoms with Crippen molar-refractivity contribution in [2.75, 3.05) is 0 Å². The Bertz CT molecular complexity index is 3850. The standard InChI is InChI=1S/C52H28N6O/c53-29-32-27-39(52-55-50(30-15-3-1-4-16-30)54-51(56-52)31-17-5-2-6-18-31)44-36-22-10-14-26-43(36)59-49(44)46(32)58-41-24-12-8-20-34(41)38-28-37-33-19-7-11-23-40(33)57-42-25-13-9-21-35(42)45(47(37)57)48(38)58/h1-28H. The lowest BCUT2D eigenvalue weighted by atomic mass is 10.00. The Morgan fingerprint density at radius 1 is 0.458 bits per heavy atom. The second-order valence-corrected chi connectivity index (χ2v) is 15.0. The van der Waals surface area contributed by atoms with Gasteiger partial charge in [0.15, 0.2) is 23.1 Å². The molecule has 0 saturated carbocycles. The third-order valence-electron chi connectivity index (χ3n) is 11.9. The highest BCUT2D eigenvalue weighted by Gasteiger charge is 2.29. The molecule has 0 unspecified atom stereocenters. The average molecular weight is 753 g/mol. The van der Waals surface area contributed by atoms with Gasteiger partial charge in [0.1, 0.15) is 17.3 Å². The van der Waals surface area contributed by atoms with Crippen molar-refractivity contribution in [3.05, 3.63) is 175 Å². The van der Waals surface area contributed by atoms with Crippen molar-refractivity contribution in [3.8, 4) is 45.9 Å². The van der Waals surface area contributed by atoms with Gasteiger partial charge in [-0.1, -0.05) is 133 Å². The van der Waals surface area contributed by atoms with Crippen LogP contribution >= 0.6 is 0 Å². The van der Waals surface area contributed by atoms with E-state index in [1.807, 2.05) is 84.9 Å². The summed E-state index contributed by atoms with van der Waals surface area (Å²) in [6.45, 7) is 0. The van der Waals surface area contributed by atoms with E-state index < -0.39 is 0 Å². The minimum absolute atomic E-state index is 0.441. The second-order valence-electron chi connectivity index (χ2n) is 15.0. The molecule has 0 aliphatic heterocycles. The number of furan rings is 1. The molecule has 0 amide bonds. The average Bonchev–Trinajstić information content (AvgIpc) is 4.05. The Labute approximate surface area is 335 Å². The summed E-state index contributed by atoms with van der Waals surface area (Å²) in [7, 11) is 0. The first-order valence-corrected chi connectivity index (χ1v) is 19.6. The van der Waals surface area contributed by atoms with Gasteiger partial charge in [0.05, 0.1) is 33.1 Å². The molecular formula is C52H28N6O. The minimum Gasteiger partial charge on any atom is -0.454 e. The van der Waals surface area contributed by atoms with Gasteiger partial charge in [0.25, 0.3) is 0 Å². The minimum atomic E-state index is 0.441. The van der Waals surface area contributed by atoms with Gasteiger partial charge >= 0.3 is 0 Å². The zero-order valence-corrected chi connectivity index (χ0v) is 31.3. The maximum atomic E-state index is 11.3. The lowest BCUT2D eigenvalue weighted by Gasteiger charge is -2.15. The number of nitriles is 1. The van der Waals surface area contributed by atoms with E-state index in [1.165, 1.54) is 16.3 Å². The Morgan fingerprint density at radius 3 is 1.66 bits per heavy atom. The van der Waals surface area contributed by atoms with Gasteiger partial charge in [-0.05, 0) is 36.4 Å². The van der Waals surface area contributed by atoms with Crippen LogP contribution in [-0.2, 0) is 0 Å². The molecule has 13 rings (SSSR count). The summed E-state index contributed by atoms with van der Waals surface area (Å²) in [6.07, 6.45) is 0. The molecular weight excluding hydrogens is 725 g/mol. The first-order chi connectivity index (χ1) is 29.2. The predicted molar refractivity (Wildman–Crippen MR) is 237 cm³/mol. The van der Waals surface area contributed by atoms with Crippen molar-refractivity contribution < 1.29 is 4.42 Å². The molecule has 7 nitrogen and oxygen atoms in total. The Kier molecular flexibility index (Phi) is 6.38. The fourth-order valence-corrected chi connectivity index (χ4v) is 9.49. The number of hydrogen-bond acceptors (Lipinski definition) is 5. The van der Waals surface area contributed by atoms with E-state index in [-0.39, 0.29) is 0 Å². The van der Waals surface area contributed by atoms with E-state index in [0.717, 1.165) is 65.5 Å². The van der Waals surface area contributed by atoms with Gasteiger partial charge in [-0.2, -0.15) is 5.26 Å². The second kappa shape index (κ2) is 11.8. The van der Waals surface area contributed by atoms with Crippen LogP contribution in [0.3, 0.4) is 0 Å². The van der Waals surface area contributed by atoms with E-state index in [0.29, 0.717) is 45.5 Å². The van der Waals surface area contributed by atoms with Crippen LogP contribution in [0.4, 0.5) is 0 Å². The number of para-hydroxylation sites is 4. The van der Waals surface area contributed by atoms with Crippen molar-refractivity contribution in [1.82, 2.24) is 23.9 Å². The first kappa shape index (κ1) is 31.8. The number of nitrogens with zero attached hydrogens (tertiary/aromatic N) is 6. The van der Waals surface area contributed by atoms with Crippen LogP contribution in [0.25, 0.3) is 122 Å². The molecule has 0 spiro atoms. The van der Waals surface area contributed by atoms with Gasteiger partial charge < -0.3 is 13.4 Å². The smallest absolute Gasteiger partial charge is 0.164 e. The van der Waals surface area contributed by atoms with Gasteiger partial charge in [-0.15, -0.1) is 0 Å². The lowest BCUT2D eigenvalue weighted by molar-refractivity contribution is 0.666. The normalized spacial score (nSPS) is 12.1. The molecule has 0 bridgehead atoms. The Hall–Kier alpha value is -8.34. The predicted octanol–water partition coefficient (Wildman–Crippen LogP) is 12.9. The SMILES string of the molecule is N#Cc1cc(-c2nc(-c3ccccc3)nc(-c3ccccc3)n2)c2c(oc3ccccc32)c1-n1c2ccccc2c2cc3c4ccccc4n4c5ccccc5c(c21)c34. The molecule has 0 radical (unpaired) electrons. The van der Waals surface area contributed by atoms with Gasteiger partial charge in [0, 0.05) is 59.8 Å². The molecule has 0 saturated heterocycles. The first-order valence-electron chi connectivity index (χ1n) is 19.6. The van der Waals surface area contributed by atoms with Crippen molar-refractivity contribution in [1.29, 1.82) is 5.26 Å². The monoisotopic (exact) mass is 752 g/mol. The number of aromatic nitrogens is 5. The van der Waals surface area contributed by atoms with Crippen molar-refractivity contribution in [2.24, 2.45) is 0 Å². The summed E-state index contributed by atoms with van der Waals surface area (Å²) in [5, 5.41) is 20.0. The highest BCUT2D eigenvalue weighted by molar-refractivity contribution is 6.34. The highest BCUT2D eigenvalue weighted by Crippen LogP contribution is 2.49. The number of fused-ring (bicyclic) bond motifs is 13. The number of hydrogen-bond donors (Lipinski definition) is 0. The summed E-state index contributed by atoms with van der Waals surface area (Å²) in [6, 6.07) is 60.6. The molecule has 0 N–H and O–H groups in total. The summed E-state index contributed by atoms with van der Waals surface area (Å²) in [5.74, 6) is 1.54. The van der Waals surface area contributed by atoms with E-state index in [9.17, 15) is 5.26 Å². The summed E-state index contributed by atoms with van der Waals surface area (Å²) in [5.41, 5.74) is 10.3. The van der Waals surface area contributed by atoms with E-state index in [4.69, 9.17) is 19.4 Å². The zero-order chi connectivity index (χ0) is 38.8. The third-order valence-corrected chi connectivity index (χ3v) is 11.9. The third kappa shape index (κ3) is 4.32. The maximum Gasteiger partial charge on any atom is 0.164 e. The zero-order valence-electron chi connectivity index (χ0n) is 31.3. The summed E-state index contributed by atoms with van der Waals surface area (Å²) >= 11 is 0. The van der Waals surface area contributed by atoms with Crippen molar-refractivity contribution >= 4 is 81.8 Å². The molecule has 0 aliphatic carbocycles. The number of rotatable bonds is 4. The van der Waals surface area contributed by atoms with Crippen LogP contribution in [-0.4, -0.2) is 23.9 Å². The molecule has 0 fully saturated rings. The topological polar surface area (TPSA) is 84.9 Å². The van der Waals surface area contributed by atoms with Crippen LogP contribution in [0.2, 0.25) is 0 Å². The van der Waals surface area contributed by atoms with Crippen molar-refractivity contribution in [2.45, 2.75) is 0 Å². The van der Waals surface area contributed by atoms with Gasteiger partial charge in [-0.25, -0.2) is 15.0 Å².